The van der Waals surface area contributed by atoms with Crippen molar-refractivity contribution in [2.24, 2.45) is 23.7 Å². The van der Waals surface area contributed by atoms with Crippen LogP contribution in [0.1, 0.15) is 22.3 Å². The lowest BCUT2D eigenvalue weighted by molar-refractivity contribution is 0.654. The van der Waals surface area contributed by atoms with E-state index in [1.807, 2.05) is 0 Å². The zero-order chi connectivity index (χ0) is 38.2. The molecule has 0 bridgehead atoms. The van der Waals surface area contributed by atoms with Crippen molar-refractivity contribution < 1.29 is 0 Å². The van der Waals surface area contributed by atoms with Gasteiger partial charge in [0.1, 0.15) is 0 Å². The molecular weight excluding hydrogens is 697 g/mol. The van der Waals surface area contributed by atoms with Gasteiger partial charge in [-0.3, -0.25) is 0 Å². The minimum Gasteiger partial charge on any atom is -0.0761 e. The largest absolute Gasteiger partial charge is 0.0761 e. The molecule has 0 spiro atoms. The molecule has 0 N–H and O–H groups in total. The second-order valence-electron chi connectivity index (χ2n) is 16.2. The summed E-state index contributed by atoms with van der Waals surface area (Å²) in [6.07, 6.45) is 27.8. The minimum absolute atomic E-state index is 0.228. The molecule has 0 fully saturated rings. The average molecular weight is 737 g/mol. The van der Waals surface area contributed by atoms with E-state index >= 15 is 0 Å². The summed E-state index contributed by atoms with van der Waals surface area (Å²) in [5.74, 6) is 1.07. The van der Waals surface area contributed by atoms with Crippen LogP contribution in [0.15, 0.2) is 218 Å². The standard InChI is InChI=1S/C58H40/c1-2-15-41-38(13-1)14-11-24-44(41)47-34-33-39(42-16-3-4-17-43(42)47)30-27-37-28-31-40(32-29-37)56-49-20-7-9-22-51(49)58(52-23-10-8-21-50(52)56)55-36-35-54-46-19-6-5-18-45(46)48-25-12-26-53(55)57(48)54/h1-36,42-43,49,51H. The van der Waals surface area contributed by atoms with Gasteiger partial charge in [-0.15, -0.1) is 0 Å². The quantitative estimate of drug-likeness (QED) is 0.165. The van der Waals surface area contributed by atoms with Crippen LogP contribution in [0.25, 0.3) is 66.6 Å². The maximum atomic E-state index is 2.44. The molecule has 7 aromatic rings. The van der Waals surface area contributed by atoms with E-state index in [0.717, 1.165) is 0 Å². The number of benzene rings is 7. The van der Waals surface area contributed by atoms with Crippen molar-refractivity contribution in [3.8, 4) is 22.3 Å². The van der Waals surface area contributed by atoms with E-state index in [1.165, 1.54) is 98.8 Å². The lowest BCUT2D eigenvalue weighted by Gasteiger charge is -2.34. The Labute approximate surface area is 339 Å². The molecule has 272 valence electrons. The van der Waals surface area contributed by atoms with Crippen molar-refractivity contribution in [3.05, 3.63) is 251 Å². The van der Waals surface area contributed by atoms with Crippen LogP contribution >= 0.6 is 0 Å². The molecular formula is C58H40. The first-order chi connectivity index (χ1) is 28.8. The maximum Gasteiger partial charge on any atom is 0.0137 e. The van der Waals surface area contributed by atoms with E-state index in [-0.39, 0.29) is 11.8 Å². The van der Waals surface area contributed by atoms with Gasteiger partial charge in [-0.1, -0.05) is 219 Å². The van der Waals surface area contributed by atoms with Crippen LogP contribution in [-0.4, -0.2) is 0 Å². The molecule has 0 saturated heterocycles. The van der Waals surface area contributed by atoms with E-state index < -0.39 is 0 Å². The molecule has 0 aliphatic heterocycles. The summed E-state index contributed by atoms with van der Waals surface area (Å²) in [4.78, 5) is 0. The fraction of sp³-hybridized carbons (Fsp3) is 0.0690. The van der Waals surface area contributed by atoms with Crippen LogP contribution in [0.3, 0.4) is 0 Å². The molecule has 0 nitrogen and oxygen atoms in total. The van der Waals surface area contributed by atoms with Crippen LogP contribution in [0.5, 0.6) is 0 Å². The molecule has 58 heavy (non-hydrogen) atoms. The fourth-order valence-corrected chi connectivity index (χ4v) is 10.7. The smallest absolute Gasteiger partial charge is 0.0137 e. The highest BCUT2D eigenvalue weighted by atomic mass is 14.4. The van der Waals surface area contributed by atoms with Crippen molar-refractivity contribution >= 4 is 44.3 Å². The van der Waals surface area contributed by atoms with Gasteiger partial charge in [0.05, 0.1) is 0 Å². The third kappa shape index (κ3) is 5.08. The van der Waals surface area contributed by atoms with E-state index in [9.17, 15) is 0 Å². The molecule has 5 aliphatic rings. The number of rotatable bonds is 5. The Morgan fingerprint density at radius 2 is 0.931 bits per heavy atom. The summed E-state index contributed by atoms with van der Waals surface area (Å²) in [5.41, 5.74) is 16.1. The molecule has 4 unspecified atom stereocenters. The predicted molar refractivity (Wildman–Crippen MR) is 245 cm³/mol. The highest BCUT2D eigenvalue weighted by Gasteiger charge is 2.34. The highest BCUT2D eigenvalue weighted by molar-refractivity contribution is 6.17. The summed E-state index contributed by atoms with van der Waals surface area (Å²) in [6, 6.07) is 54.3. The zero-order valence-corrected chi connectivity index (χ0v) is 32.1. The summed E-state index contributed by atoms with van der Waals surface area (Å²) in [6.45, 7) is 0. The predicted octanol–water partition coefficient (Wildman–Crippen LogP) is 12.8. The molecule has 0 radical (unpaired) electrons. The van der Waals surface area contributed by atoms with Gasteiger partial charge in [-0.25, -0.2) is 0 Å². The van der Waals surface area contributed by atoms with Crippen molar-refractivity contribution in [1.82, 2.24) is 0 Å². The molecule has 5 aliphatic carbocycles. The maximum absolute atomic E-state index is 2.44. The van der Waals surface area contributed by atoms with Gasteiger partial charge in [0.15, 0.2) is 0 Å². The van der Waals surface area contributed by atoms with Crippen LogP contribution in [0, 0.1) is 23.7 Å². The van der Waals surface area contributed by atoms with Crippen LogP contribution in [-0.2, 0) is 0 Å². The summed E-state index contributed by atoms with van der Waals surface area (Å²) >= 11 is 0. The Bertz CT molecular complexity index is 3190. The van der Waals surface area contributed by atoms with Crippen molar-refractivity contribution in [1.29, 1.82) is 0 Å². The van der Waals surface area contributed by atoms with Crippen LogP contribution in [0.4, 0.5) is 0 Å². The van der Waals surface area contributed by atoms with Gasteiger partial charge in [-0.2, -0.15) is 0 Å². The number of hydrogen-bond donors (Lipinski definition) is 0. The number of allylic oxidation sites excluding steroid dienone is 13. The van der Waals surface area contributed by atoms with Gasteiger partial charge in [0.2, 0.25) is 0 Å². The van der Waals surface area contributed by atoms with E-state index in [0.29, 0.717) is 11.8 Å². The Morgan fingerprint density at radius 1 is 0.362 bits per heavy atom. The van der Waals surface area contributed by atoms with Gasteiger partial charge in [0, 0.05) is 23.7 Å². The molecule has 0 amide bonds. The second-order valence-corrected chi connectivity index (χ2v) is 16.2. The fourth-order valence-electron chi connectivity index (χ4n) is 10.7. The van der Waals surface area contributed by atoms with Crippen LogP contribution in [0.2, 0.25) is 0 Å². The SMILES string of the molecule is C1=CC2C(C=Cc3ccc(C4=c5ccccc5=C(c5ccc6c7c(cccc57)-c5ccccc5-6)C5C=CC=CC45)cc3)=CC=C(c3cccc4ccccc34)C2C=C1. The molecule has 0 aromatic heterocycles. The van der Waals surface area contributed by atoms with Gasteiger partial charge in [-0.05, 0) is 98.8 Å². The molecule has 7 aromatic carbocycles. The first-order valence-electron chi connectivity index (χ1n) is 20.7. The summed E-state index contributed by atoms with van der Waals surface area (Å²) < 4.78 is 0. The summed E-state index contributed by atoms with van der Waals surface area (Å²) in [7, 11) is 0. The van der Waals surface area contributed by atoms with Gasteiger partial charge in [0.25, 0.3) is 0 Å². The third-order valence-electron chi connectivity index (χ3n) is 13.3. The molecule has 12 rings (SSSR count). The molecule has 0 heteroatoms. The topological polar surface area (TPSA) is 0 Å². The van der Waals surface area contributed by atoms with E-state index in [1.54, 1.807) is 0 Å². The minimum atomic E-state index is 0.228. The monoisotopic (exact) mass is 736 g/mol. The molecule has 0 saturated carbocycles. The normalized spacial score (nSPS) is 20.9. The van der Waals surface area contributed by atoms with E-state index in [4.69, 9.17) is 0 Å². The zero-order valence-electron chi connectivity index (χ0n) is 32.1. The molecule has 0 heterocycles. The third-order valence-corrected chi connectivity index (χ3v) is 13.3. The lowest BCUT2D eigenvalue weighted by atomic mass is 9.69. The first-order valence-corrected chi connectivity index (χ1v) is 20.7. The number of fused-ring (bicyclic) bond motifs is 7. The van der Waals surface area contributed by atoms with Crippen molar-refractivity contribution in [2.75, 3.05) is 0 Å². The Balaban J connectivity index is 0.938. The average Bonchev–Trinajstić information content (AvgIpc) is 3.62. The summed E-state index contributed by atoms with van der Waals surface area (Å²) in [5, 5.41) is 8.00. The van der Waals surface area contributed by atoms with Crippen molar-refractivity contribution in [3.63, 3.8) is 0 Å². The van der Waals surface area contributed by atoms with Crippen molar-refractivity contribution in [2.45, 2.75) is 0 Å². The second kappa shape index (κ2) is 13.3. The lowest BCUT2D eigenvalue weighted by Crippen LogP contribution is -2.40. The number of hydrogen-bond acceptors (Lipinski definition) is 0. The van der Waals surface area contributed by atoms with Gasteiger partial charge < -0.3 is 0 Å². The Morgan fingerprint density at radius 3 is 1.74 bits per heavy atom. The first kappa shape index (κ1) is 33.2. The van der Waals surface area contributed by atoms with Crippen LogP contribution < -0.4 is 10.4 Å². The Kier molecular flexibility index (Phi) is 7.60. The van der Waals surface area contributed by atoms with E-state index in [2.05, 4.69) is 219 Å². The highest BCUT2D eigenvalue weighted by Crippen LogP contribution is 2.50. The Hall–Kier alpha value is -7.02. The van der Waals surface area contributed by atoms with Gasteiger partial charge >= 0.3 is 0 Å². The molecule has 4 atom stereocenters.